The van der Waals surface area contributed by atoms with Crippen molar-refractivity contribution >= 4 is 5.91 Å². The predicted molar refractivity (Wildman–Crippen MR) is 102 cm³/mol. The number of aromatic nitrogens is 3. The molecule has 0 saturated carbocycles. The summed E-state index contributed by atoms with van der Waals surface area (Å²) in [4.78, 5) is 19.4. The lowest BCUT2D eigenvalue weighted by Crippen LogP contribution is -2.43. The molecular formula is C20H28FN5O. The summed E-state index contributed by atoms with van der Waals surface area (Å²) >= 11 is 0. The zero-order valence-electron chi connectivity index (χ0n) is 16.1. The van der Waals surface area contributed by atoms with Crippen LogP contribution in [-0.4, -0.2) is 45.2 Å². The SMILES string of the molecule is Cc1nc(C)n(CCCNC(=O)C(c2ccc(F)cc2)N2CCCCC2)n1. The molecule has 1 aliphatic heterocycles. The fourth-order valence-corrected chi connectivity index (χ4v) is 3.66. The number of carbonyl (C=O) groups is 1. The largest absolute Gasteiger partial charge is 0.354 e. The Kier molecular flexibility index (Phi) is 6.55. The van der Waals surface area contributed by atoms with Crippen LogP contribution in [-0.2, 0) is 11.3 Å². The first-order valence-corrected chi connectivity index (χ1v) is 9.70. The molecule has 1 N–H and O–H groups in total. The second kappa shape index (κ2) is 9.08. The van der Waals surface area contributed by atoms with Gasteiger partial charge in [-0.15, -0.1) is 0 Å². The van der Waals surface area contributed by atoms with Gasteiger partial charge in [-0.05, 0) is 63.9 Å². The van der Waals surface area contributed by atoms with Crippen LogP contribution in [0, 0.1) is 19.7 Å². The lowest BCUT2D eigenvalue weighted by Gasteiger charge is -2.34. The summed E-state index contributed by atoms with van der Waals surface area (Å²) in [6.45, 7) is 6.89. The van der Waals surface area contributed by atoms with Crippen molar-refractivity contribution in [3.05, 3.63) is 47.3 Å². The van der Waals surface area contributed by atoms with Gasteiger partial charge in [-0.3, -0.25) is 14.4 Å². The summed E-state index contributed by atoms with van der Waals surface area (Å²) in [5.41, 5.74) is 0.846. The number of piperidine rings is 1. The summed E-state index contributed by atoms with van der Waals surface area (Å²) in [6, 6.07) is 5.93. The number of hydrogen-bond donors (Lipinski definition) is 1. The van der Waals surface area contributed by atoms with Gasteiger partial charge in [-0.1, -0.05) is 18.6 Å². The van der Waals surface area contributed by atoms with Crippen LogP contribution in [0.15, 0.2) is 24.3 Å². The maximum atomic E-state index is 13.3. The fraction of sp³-hybridized carbons (Fsp3) is 0.550. The number of carbonyl (C=O) groups excluding carboxylic acids is 1. The molecule has 1 fully saturated rings. The van der Waals surface area contributed by atoms with Gasteiger partial charge < -0.3 is 5.32 Å². The van der Waals surface area contributed by atoms with Crippen LogP contribution >= 0.6 is 0 Å². The van der Waals surface area contributed by atoms with Crippen LogP contribution in [0.2, 0.25) is 0 Å². The Balaban J connectivity index is 1.60. The number of amides is 1. The minimum Gasteiger partial charge on any atom is -0.354 e. The number of likely N-dealkylation sites (tertiary alicyclic amines) is 1. The Hall–Kier alpha value is -2.28. The molecule has 0 aliphatic carbocycles. The Bertz CT molecular complexity index is 752. The molecule has 146 valence electrons. The molecule has 0 bridgehead atoms. The summed E-state index contributed by atoms with van der Waals surface area (Å²) < 4.78 is 15.2. The lowest BCUT2D eigenvalue weighted by atomic mass is 10.0. The second-order valence-corrected chi connectivity index (χ2v) is 7.12. The number of rotatable bonds is 7. The molecule has 1 saturated heterocycles. The van der Waals surface area contributed by atoms with Crippen molar-refractivity contribution < 1.29 is 9.18 Å². The minimum atomic E-state index is -0.360. The van der Waals surface area contributed by atoms with E-state index in [-0.39, 0.29) is 17.8 Å². The summed E-state index contributed by atoms with van der Waals surface area (Å²) in [5.74, 6) is 1.35. The first-order chi connectivity index (χ1) is 13.0. The number of hydrogen-bond acceptors (Lipinski definition) is 4. The number of benzene rings is 1. The zero-order chi connectivity index (χ0) is 19.2. The van der Waals surface area contributed by atoms with E-state index in [2.05, 4.69) is 20.3 Å². The summed E-state index contributed by atoms with van der Waals surface area (Å²) in [5, 5.41) is 7.39. The molecule has 1 unspecified atom stereocenters. The molecule has 1 atom stereocenters. The van der Waals surface area contributed by atoms with Crippen molar-refractivity contribution in [3.8, 4) is 0 Å². The van der Waals surface area contributed by atoms with Crippen LogP contribution in [0.5, 0.6) is 0 Å². The van der Waals surface area contributed by atoms with E-state index in [1.165, 1.54) is 18.6 Å². The molecule has 1 aromatic heterocycles. The first kappa shape index (κ1) is 19.5. The molecular weight excluding hydrogens is 345 g/mol. The van der Waals surface area contributed by atoms with Crippen LogP contribution < -0.4 is 5.32 Å². The van der Waals surface area contributed by atoms with Gasteiger partial charge in [-0.2, -0.15) is 5.10 Å². The third-order valence-electron chi connectivity index (χ3n) is 5.00. The van der Waals surface area contributed by atoms with E-state index in [1.807, 2.05) is 18.5 Å². The molecule has 0 radical (unpaired) electrons. The number of halogens is 1. The van der Waals surface area contributed by atoms with Gasteiger partial charge in [0.1, 0.15) is 23.5 Å². The van der Waals surface area contributed by atoms with Gasteiger partial charge in [0.25, 0.3) is 0 Å². The molecule has 7 heteroatoms. The Morgan fingerprint density at radius 1 is 1.19 bits per heavy atom. The van der Waals surface area contributed by atoms with Crippen LogP contribution in [0.25, 0.3) is 0 Å². The maximum absolute atomic E-state index is 13.3. The summed E-state index contributed by atoms with van der Waals surface area (Å²) in [6.07, 6.45) is 4.17. The van der Waals surface area contributed by atoms with E-state index in [0.29, 0.717) is 6.54 Å². The molecule has 1 amide bonds. The Labute approximate surface area is 159 Å². The van der Waals surface area contributed by atoms with Crippen molar-refractivity contribution in [2.45, 2.75) is 52.1 Å². The molecule has 0 spiro atoms. The maximum Gasteiger partial charge on any atom is 0.241 e. The third-order valence-corrected chi connectivity index (χ3v) is 5.00. The van der Waals surface area contributed by atoms with Crippen molar-refractivity contribution in [2.24, 2.45) is 0 Å². The van der Waals surface area contributed by atoms with Crippen LogP contribution in [0.4, 0.5) is 4.39 Å². The van der Waals surface area contributed by atoms with Gasteiger partial charge in [-0.25, -0.2) is 9.37 Å². The highest BCUT2D eigenvalue weighted by Gasteiger charge is 2.28. The monoisotopic (exact) mass is 373 g/mol. The van der Waals surface area contributed by atoms with Gasteiger partial charge in [0.15, 0.2) is 0 Å². The van der Waals surface area contributed by atoms with Crippen LogP contribution in [0.1, 0.15) is 48.9 Å². The third kappa shape index (κ3) is 5.13. The number of nitrogens with zero attached hydrogens (tertiary/aromatic N) is 4. The summed E-state index contributed by atoms with van der Waals surface area (Å²) in [7, 11) is 0. The molecule has 6 nitrogen and oxygen atoms in total. The molecule has 1 aromatic carbocycles. The molecule has 2 aromatic rings. The van der Waals surface area contributed by atoms with E-state index < -0.39 is 0 Å². The van der Waals surface area contributed by atoms with Gasteiger partial charge in [0.05, 0.1) is 0 Å². The standard InChI is InChI=1S/C20H28FN5O/c1-15-23-16(2)26(24-15)14-6-11-22-20(27)19(25-12-4-3-5-13-25)17-7-9-18(21)10-8-17/h7-10,19H,3-6,11-14H2,1-2H3,(H,22,27). The smallest absolute Gasteiger partial charge is 0.241 e. The van der Waals surface area contributed by atoms with E-state index in [1.54, 1.807) is 12.1 Å². The van der Waals surface area contributed by atoms with E-state index in [0.717, 1.165) is 56.1 Å². The molecule has 27 heavy (non-hydrogen) atoms. The normalized spacial score (nSPS) is 16.3. The van der Waals surface area contributed by atoms with Crippen LogP contribution in [0.3, 0.4) is 0 Å². The highest BCUT2D eigenvalue weighted by atomic mass is 19.1. The number of aryl methyl sites for hydroxylation is 3. The molecule has 2 heterocycles. The van der Waals surface area contributed by atoms with Crippen molar-refractivity contribution in [1.29, 1.82) is 0 Å². The quantitative estimate of drug-likeness (QED) is 0.758. The van der Waals surface area contributed by atoms with Gasteiger partial charge in [0, 0.05) is 13.1 Å². The lowest BCUT2D eigenvalue weighted by molar-refractivity contribution is -0.127. The average Bonchev–Trinajstić information content (AvgIpc) is 2.99. The topological polar surface area (TPSA) is 63.1 Å². The average molecular weight is 373 g/mol. The van der Waals surface area contributed by atoms with E-state index >= 15 is 0 Å². The van der Waals surface area contributed by atoms with Gasteiger partial charge >= 0.3 is 0 Å². The van der Waals surface area contributed by atoms with Gasteiger partial charge in [0.2, 0.25) is 5.91 Å². The number of nitrogens with one attached hydrogen (secondary N) is 1. The highest BCUT2D eigenvalue weighted by molar-refractivity contribution is 5.83. The second-order valence-electron chi connectivity index (χ2n) is 7.12. The first-order valence-electron chi connectivity index (χ1n) is 9.70. The van der Waals surface area contributed by atoms with Crippen molar-refractivity contribution in [3.63, 3.8) is 0 Å². The molecule has 1 aliphatic rings. The van der Waals surface area contributed by atoms with E-state index in [9.17, 15) is 9.18 Å². The highest BCUT2D eigenvalue weighted by Crippen LogP contribution is 2.25. The predicted octanol–water partition coefficient (Wildman–Crippen LogP) is 2.77. The fourth-order valence-electron chi connectivity index (χ4n) is 3.66. The zero-order valence-corrected chi connectivity index (χ0v) is 16.1. The Morgan fingerprint density at radius 3 is 2.52 bits per heavy atom. The molecule has 3 rings (SSSR count). The van der Waals surface area contributed by atoms with Crippen molar-refractivity contribution in [1.82, 2.24) is 25.0 Å². The Morgan fingerprint density at radius 2 is 1.89 bits per heavy atom. The van der Waals surface area contributed by atoms with Crippen molar-refractivity contribution in [2.75, 3.05) is 19.6 Å². The van der Waals surface area contributed by atoms with E-state index in [4.69, 9.17) is 0 Å². The minimum absolute atomic E-state index is 0.0185.